The molecule has 0 radical (unpaired) electrons. The lowest BCUT2D eigenvalue weighted by Crippen LogP contribution is -2.51. The Morgan fingerprint density at radius 1 is 1.00 bits per heavy atom. The van der Waals surface area contributed by atoms with Gasteiger partial charge in [0.05, 0.1) is 11.5 Å². The predicted octanol–water partition coefficient (Wildman–Crippen LogP) is 2.49. The van der Waals surface area contributed by atoms with Crippen LogP contribution < -0.4 is 0 Å². The van der Waals surface area contributed by atoms with Crippen LogP contribution in [-0.4, -0.2) is 37.9 Å². The summed E-state index contributed by atoms with van der Waals surface area (Å²) in [5, 5.41) is 0. The molecule has 1 saturated carbocycles. The van der Waals surface area contributed by atoms with E-state index in [1.165, 1.54) is 24.0 Å². The average molecular weight is 293 g/mol. The SMILES string of the molecule is Cc1ccc(C2(N3CCS(=O)(=O)CC3)CCCC2)cc1. The summed E-state index contributed by atoms with van der Waals surface area (Å²) >= 11 is 0. The first-order valence-corrected chi connectivity index (χ1v) is 9.37. The monoisotopic (exact) mass is 293 g/mol. The van der Waals surface area contributed by atoms with Gasteiger partial charge in [0.2, 0.25) is 0 Å². The minimum Gasteiger partial charge on any atom is -0.292 e. The van der Waals surface area contributed by atoms with Crippen molar-refractivity contribution in [3.05, 3.63) is 35.4 Å². The van der Waals surface area contributed by atoms with E-state index in [4.69, 9.17) is 0 Å². The molecule has 2 fully saturated rings. The molecule has 1 saturated heterocycles. The summed E-state index contributed by atoms with van der Waals surface area (Å²) in [4.78, 5) is 2.44. The lowest BCUT2D eigenvalue weighted by molar-refractivity contribution is 0.101. The van der Waals surface area contributed by atoms with Gasteiger partial charge in [-0.3, -0.25) is 4.90 Å². The molecule has 0 unspecified atom stereocenters. The molecule has 20 heavy (non-hydrogen) atoms. The van der Waals surface area contributed by atoms with Crippen molar-refractivity contribution in [3.8, 4) is 0 Å². The van der Waals surface area contributed by atoms with Crippen molar-refractivity contribution in [2.24, 2.45) is 0 Å². The highest BCUT2D eigenvalue weighted by Gasteiger charge is 2.42. The Morgan fingerprint density at radius 3 is 2.10 bits per heavy atom. The molecule has 4 heteroatoms. The number of rotatable bonds is 2. The van der Waals surface area contributed by atoms with E-state index in [-0.39, 0.29) is 5.54 Å². The molecule has 0 spiro atoms. The third-order valence-corrected chi connectivity index (χ3v) is 6.58. The van der Waals surface area contributed by atoms with Crippen LogP contribution in [0.25, 0.3) is 0 Å². The van der Waals surface area contributed by atoms with E-state index >= 15 is 0 Å². The molecule has 0 aromatic heterocycles. The Bertz CT molecular complexity index is 557. The van der Waals surface area contributed by atoms with Crippen molar-refractivity contribution in [2.45, 2.75) is 38.1 Å². The zero-order valence-electron chi connectivity index (χ0n) is 12.1. The zero-order chi connectivity index (χ0) is 14.2. The van der Waals surface area contributed by atoms with Gasteiger partial charge in [-0.25, -0.2) is 8.42 Å². The second-order valence-electron chi connectivity index (χ2n) is 6.24. The number of benzene rings is 1. The Morgan fingerprint density at radius 2 is 1.55 bits per heavy atom. The van der Waals surface area contributed by atoms with Crippen LogP contribution in [0.5, 0.6) is 0 Å². The molecule has 0 N–H and O–H groups in total. The van der Waals surface area contributed by atoms with Gasteiger partial charge in [-0.05, 0) is 25.3 Å². The molecule has 1 aliphatic carbocycles. The predicted molar refractivity (Wildman–Crippen MR) is 81.6 cm³/mol. The Balaban J connectivity index is 1.90. The Hall–Kier alpha value is -0.870. The van der Waals surface area contributed by atoms with E-state index in [1.807, 2.05) is 0 Å². The van der Waals surface area contributed by atoms with Crippen molar-refractivity contribution in [2.75, 3.05) is 24.6 Å². The summed E-state index contributed by atoms with van der Waals surface area (Å²) in [5.74, 6) is 0.640. The fourth-order valence-corrected chi connectivity index (χ4v) is 4.95. The van der Waals surface area contributed by atoms with E-state index in [0.717, 1.165) is 12.8 Å². The molecule has 3 rings (SSSR count). The third kappa shape index (κ3) is 2.51. The van der Waals surface area contributed by atoms with Gasteiger partial charge in [-0.1, -0.05) is 42.7 Å². The average Bonchev–Trinajstić information content (AvgIpc) is 2.90. The molecule has 0 atom stereocenters. The summed E-state index contributed by atoms with van der Waals surface area (Å²) < 4.78 is 23.3. The maximum Gasteiger partial charge on any atom is 0.152 e. The van der Waals surface area contributed by atoms with Crippen molar-refractivity contribution < 1.29 is 8.42 Å². The largest absolute Gasteiger partial charge is 0.292 e. The zero-order valence-corrected chi connectivity index (χ0v) is 13.0. The molecule has 1 heterocycles. The van der Waals surface area contributed by atoms with Gasteiger partial charge in [0.25, 0.3) is 0 Å². The normalized spacial score (nSPS) is 25.6. The summed E-state index contributed by atoms with van der Waals surface area (Å²) in [6.07, 6.45) is 4.82. The van der Waals surface area contributed by atoms with Crippen LogP contribution in [0, 0.1) is 6.92 Å². The fraction of sp³-hybridized carbons (Fsp3) is 0.625. The van der Waals surface area contributed by atoms with Crippen molar-refractivity contribution in [1.82, 2.24) is 4.90 Å². The van der Waals surface area contributed by atoms with Crippen molar-refractivity contribution in [1.29, 1.82) is 0 Å². The quantitative estimate of drug-likeness (QED) is 0.841. The van der Waals surface area contributed by atoms with E-state index in [1.54, 1.807) is 0 Å². The van der Waals surface area contributed by atoms with E-state index in [2.05, 4.69) is 36.1 Å². The molecular formula is C16H23NO2S. The summed E-state index contributed by atoms with van der Waals surface area (Å²) in [5.41, 5.74) is 2.74. The molecule has 2 aliphatic rings. The molecule has 1 aromatic carbocycles. The van der Waals surface area contributed by atoms with Crippen molar-refractivity contribution in [3.63, 3.8) is 0 Å². The summed E-state index contributed by atoms with van der Waals surface area (Å²) in [6, 6.07) is 8.83. The molecule has 0 bridgehead atoms. The number of hydrogen-bond donors (Lipinski definition) is 0. The van der Waals surface area contributed by atoms with Gasteiger partial charge in [0, 0.05) is 18.6 Å². The second kappa shape index (κ2) is 5.15. The van der Waals surface area contributed by atoms with Crippen LogP contribution in [-0.2, 0) is 15.4 Å². The summed E-state index contributed by atoms with van der Waals surface area (Å²) in [6.45, 7) is 3.49. The Labute approximate surface area is 121 Å². The Kier molecular flexibility index (Phi) is 3.63. The van der Waals surface area contributed by atoms with Crippen LogP contribution in [0.4, 0.5) is 0 Å². The first-order chi connectivity index (χ1) is 9.52. The molecule has 1 aromatic rings. The summed E-state index contributed by atoms with van der Waals surface area (Å²) in [7, 11) is -2.80. The lowest BCUT2D eigenvalue weighted by atomic mass is 9.85. The molecule has 1 aliphatic heterocycles. The van der Waals surface area contributed by atoms with Gasteiger partial charge in [-0.2, -0.15) is 0 Å². The van der Waals surface area contributed by atoms with Crippen LogP contribution in [0.15, 0.2) is 24.3 Å². The molecule has 3 nitrogen and oxygen atoms in total. The maximum absolute atomic E-state index is 11.7. The van der Waals surface area contributed by atoms with Gasteiger partial charge < -0.3 is 0 Å². The highest BCUT2D eigenvalue weighted by atomic mass is 32.2. The topological polar surface area (TPSA) is 37.4 Å². The van der Waals surface area contributed by atoms with Gasteiger partial charge in [-0.15, -0.1) is 0 Å². The van der Waals surface area contributed by atoms with Gasteiger partial charge in [0.15, 0.2) is 9.84 Å². The second-order valence-corrected chi connectivity index (χ2v) is 8.55. The fourth-order valence-electron chi connectivity index (χ4n) is 3.75. The number of sulfone groups is 1. The van der Waals surface area contributed by atoms with Gasteiger partial charge >= 0.3 is 0 Å². The van der Waals surface area contributed by atoms with Crippen LogP contribution in [0.1, 0.15) is 36.8 Å². The highest BCUT2D eigenvalue weighted by Crippen LogP contribution is 2.44. The first kappa shape index (κ1) is 14.1. The first-order valence-electron chi connectivity index (χ1n) is 7.55. The molecule has 110 valence electrons. The minimum absolute atomic E-state index is 0.0869. The minimum atomic E-state index is -2.80. The van der Waals surface area contributed by atoms with Gasteiger partial charge in [0.1, 0.15) is 0 Å². The van der Waals surface area contributed by atoms with E-state index in [9.17, 15) is 8.42 Å². The molecular weight excluding hydrogens is 270 g/mol. The number of nitrogens with zero attached hydrogens (tertiary/aromatic N) is 1. The third-order valence-electron chi connectivity index (χ3n) is 4.97. The van der Waals surface area contributed by atoms with Crippen LogP contribution in [0.3, 0.4) is 0 Å². The van der Waals surface area contributed by atoms with E-state index < -0.39 is 9.84 Å². The number of aryl methyl sites for hydroxylation is 1. The standard InChI is InChI=1S/C16H23NO2S/c1-14-4-6-15(7-5-14)16(8-2-3-9-16)17-10-12-20(18,19)13-11-17/h4-7H,2-3,8-13H2,1H3. The van der Waals surface area contributed by atoms with Crippen molar-refractivity contribution >= 4 is 9.84 Å². The van der Waals surface area contributed by atoms with Crippen LogP contribution in [0.2, 0.25) is 0 Å². The van der Waals surface area contributed by atoms with Crippen LogP contribution >= 0.6 is 0 Å². The highest BCUT2D eigenvalue weighted by molar-refractivity contribution is 7.91. The maximum atomic E-state index is 11.7. The lowest BCUT2D eigenvalue weighted by Gasteiger charge is -2.44. The number of hydrogen-bond acceptors (Lipinski definition) is 3. The molecule has 0 amide bonds. The smallest absolute Gasteiger partial charge is 0.152 e. The van der Waals surface area contributed by atoms with E-state index in [0.29, 0.717) is 24.6 Å².